The van der Waals surface area contributed by atoms with Gasteiger partial charge >= 0.3 is 0 Å². The van der Waals surface area contributed by atoms with Crippen molar-refractivity contribution in [2.75, 3.05) is 7.05 Å². The first-order valence-electron chi connectivity index (χ1n) is 8.90. The minimum Gasteiger partial charge on any atom is -0.481 e. The zero-order valence-corrected chi connectivity index (χ0v) is 17.9. The van der Waals surface area contributed by atoms with Gasteiger partial charge < -0.3 is 14.2 Å². The number of aryl methyl sites for hydroxylation is 2. The summed E-state index contributed by atoms with van der Waals surface area (Å²) in [4.78, 5) is 18.5. The zero-order chi connectivity index (χ0) is 20.3. The van der Waals surface area contributed by atoms with E-state index in [1.165, 1.54) is 4.90 Å². The van der Waals surface area contributed by atoms with Crippen molar-refractivity contribution in [1.29, 1.82) is 0 Å². The largest absolute Gasteiger partial charge is 0.481 e. The molecule has 0 radical (unpaired) electrons. The summed E-state index contributed by atoms with van der Waals surface area (Å²) in [6.07, 6.45) is -0.626. The van der Waals surface area contributed by atoms with E-state index in [1.807, 2.05) is 50.2 Å². The van der Waals surface area contributed by atoms with Gasteiger partial charge in [0.1, 0.15) is 5.75 Å². The molecule has 3 aromatic rings. The van der Waals surface area contributed by atoms with Crippen molar-refractivity contribution >= 4 is 21.8 Å². The fourth-order valence-electron chi connectivity index (χ4n) is 2.91. The van der Waals surface area contributed by atoms with Crippen LogP contribution in [0.25, 0.3) is 11.4 Å². The minimum atomic E-state index is -0.626. The number of halogens is 1. The summed E-state index contributed by atoms with van der Waals surface area (Å²) in [7, 11) is 1.69. The number of carbonyl (C=O) groups excluding carboxylic acids is 1. The maximum absolute atomic E-state index is 12.6. The first-order chi connectivity index (χ1) is 13.3. The van der Waals surface area contributed by atoms with Gasteiger partial charge in [-0.3, -0.25) is 4.79 Å². The van der Waals surface area contributed by atoms with Crippen LogP contribution in [0.3, 0.4) is 0 Å². The number of ether oxygens (including phenoxy) is 1. The van der Waals surface area contributed by atoms with Crippen molar-refractivity contribution in [2.24, 2.45) is 0 Å². The Morgan fingerprint density at radius 2 is 1.93 bits per heavy atom. The third-order valence-electron chi connectivity index (χ3n) is 4.16. The summed E-state index contributed by atoms with van der Waals surface area (Å²) in [5, 5.41) is 4.00. The molecule has 7 heteroatoms. The number of nitrogens with zero attached hydrogens (tertiary/aromatic N) is 3. The molecule has 28 heavy (non-hydrogen) atoms. The molecular formula is C21H22BrN3O3. The molecule has 146 valence electrons. The highest BCUT2D eigenvalue weighted by molar-refractivity contribution is 9.10. The Morgan fingerprint density at radius 1 is 1.21 bits per heavy atom. The normalized spacial score (nSPS) is 11.9. The minimum absolute atomic E-state index is 0.165. The van der Waals surface area contributed by atoms with Gasteiger partial charge in [-0.2, -0.15) is 4.98 Å². The van der Waals surface area contributed by atoms with Gasteiger partial charge in [-0.15, -0.1) is 0 Å². The van der Waals surface area contributed by atoms with Crippen molar-refractivity contribution < 1.29 is 14.1 Å². The first kappa shape index (κ1) is 20.1. The standard InChI is InChI=1S/C21H22BrN3O3/c1-13-8-14(2)10-18(9-13)27-15(3)21(26)25(4)12-19-23-20(24-28-19)16-6-5-7-17(22)11-16/h5-11,15H,12H2,1-4H3/t15-/m0/s1. The van der Waals surface area contributed by atoms with Crippen LogP contribution >= 0.6 is 15.9 Å². The van der Waals surface area contributed by atoms with Crippen LogP contribution in [-0.4, -0.2) is 34.1 Å². The van der Waals surface area contributed by atoms with Gasteiger partial charge in [0.05, 0.1) is 6.54 Å². The van der Waals surface area contributed by atoms with E-state index < -0.39 is 6.10 Å². The molecule has 0 aliphatic heterocycles. The number of likely N-dealkylation sites (N-methyl/N-ethyl adjacent to an activating group) is 1. The highest BCUT2D eigenvalue weighted by Crippen LogP contribution is 2.21. The fraction of sp³-hybridized carbons (Fsp3) is 0.286. The molecule has 0 fully saturated rings. The zero-order valence-electron chi connectivity index (χ0n) is 16.3. The van der Waals surface area contributed by atoms with E-state index in [0.717, 1.165) is 21.2 Å². The lowest BCUT2D eigenvalue weighted by Crippen LogP contribution is -2.37. The lowest BCUT2D eigenvalue weighted by atomic mass is 10.1. The third kappa shape index (κ3) is 4.98. The number of carbonyl (C=O) groups is 1. The summed E-state index contributed by atoms with van der Waals surface area (Å²) < 4.78 is 12.1. The Kier molecular flexibility index (Phi) is 6.14. The number of amides is 1. The molecule has 3 rings (SSSR count). The SMILES string of the molecule is Cc1cc(C)cc(O[C@@H](C)C(=O)N(C)Cc2nc(-c3cccc(Br)c3)no2)c1. The quantitative estimate of drug-likeness (QED) is 0.559. The van der Waals surface area contributed by atoms with Crippen LogP contribution in [-0.2, 0) is 11.3 Å². The molecule has 0 unspecified atom stereocenters. The summed E-state index contributed by atoms with van der Waals surface area (Å²) >= 11 is 3.42. The molecule has 1 amide bonds. The third-order valence-corrected chi connectivity index (χ3v) is 4.65. The van der Waals surface area contributed by atoms with Crippen molar-refractivity contribution in [3.63, 3.8) is 0 Å². The molecule has 1 aromatic heterocycles. The van der Waals surface area contributed by atoms with Gasteiger partial charge in [0.2, 0.25) is 11.7 Å². The summed E-state index contributed by atoms with van der Waals surface area (Å²) in [6, 6.07) is 13.5. The molecule has 6 nitrogen and oxygen atoms in total. The number of rotatable bonds is 6. The van der Waals surface area contributed by atoms with E-state index in [-0.39, 0.29) is 12.5 Å². The fourth-order valence-corrected chi connectivity index (χ4v) is 3.31. The molecule has 0 saturated carbocycles. The van der Waals surface area contributed by atoms with E-state index in [4.69, 9.17) is 9.26 Å². The summed E-state index contributed by atoms with van der Waals surface area (Å²) in [5.41, 5.74) is 3.02. The Bertz CT molecular complexity index is 966. The van der Waals surface area contributed by atoms with Crippen LogP contribution in [0.5, 0.6) is 5.75 Å². The van der Waals surface area contributed by atoms with E-state index in [1.54, 1.807) is 14.0 Å². The van der Waals surface area contributed by atoms with Crippen molar-refractivity contribution in [3.8, 4) is 17.1 Å². The molecule has 0 N–H and O–H groups in total. The van der Waals surface area contributed by atoms with Crippen LogP contribution in [0.4, 0.5) is 0 Å². The molecule has 0 aliphatic rings. The number of aromatic nitrogens is 2. The predicted octanol–water partition coefficient (Wildman–Crippen LogP) is 4.54. The van der Waals surface area contributed by atoms with E-state index in [0.29, 0.717) is 17.5 Å². The predicted molar refractivity (Wildman–Crippen MR) is 110 cm³/mol. The van der Waals surface area contributed by atoms with E-state index >= 15 is 0 Å². The van der Waals surface area contributed by atoms with Crippen molar-refractivity contribution in [1.82, 2.24) is 15.0 Å². The van der Waals surface area contributed by atoms with Crippen LogP contribution in [0.1, 0.15) is 23.9 Å². The summed E-state index contributed by atoms with van der Waals surface area (Å²) in [6.45, 7) is 5.94. The Balaban J connectivity index is 1.64. The molecule has 0 saturated heterocycles. The lowest BCUT2D eigenvalue weighted by molar-refractivity contribution is -0.137. The molecule has 1 heterocycles. The molecule has 0 aliphatic carbocycles. The first-order valence-corrected chi connectivity index (χ1v) is 9.69. The van der Waals surface area contributed by atoms with Crippen molar-refractivity contribution in [2.45, 2.75) is 33.4 Å². The second-order valence-corrected chi connectivity index (χ2v) is 7.72. The maximum atomic E-state index is 12.6. The van der Waals surface area contributed by atoms with Crippen molar-refractivity contribution in [3.05, 3.63) is 64.0 Å². The van der Waals surface area contributed by atoms with Gasteiger partial charge in [0.15, 0.2) is 6.10 Å². The second-order valence-electron chi connectivity index (χ2n) is 6.80. The Labute approximate surface area is 172 Å². The smallest absolute Gasteiger partial charge is 0.263 e. The van der Waals surface area contributed by atoms with Gasteiger partial charge in [-0.05, 0) is 56.2 Å². The molecule has 2 aromatic carbocycles. The molecule has 0 spiro atoms. The summed E-state index contributed by atoms with van der Waals surface area (Å²) in [5.74, 6) is 1.36. The van der Waals surface area contributed by atoms with Gasteiger partial charge in [-0.25, -0.2) is 0 Å². The highest BCUT2D eigenvalue weighted by atomic mass is 79.9. The Morgan fingerprint density at radius 3 is 2.61 bits per heavy atom. The average molecular weight is 444 g/mol. The maximum Gasteiger partial charge on any atom is 0.263 e. The van der Waals surface area contributed by atoms with Gasteiger partial charge in [0, 0.05) is 17.1 Å². The topological polar surface area (TPSA) is 68.5 Å². The van der Waals surface area contributed by atoms with E-state index in [2.05, 4.69) is 32.1 Å². The molecule has 1 atom stereocenters. The number of benzene rings is 2. The monoisotopic (exact) mass is 443 g/mol. The van der Waals surface area contributed by atoms with Crippen LogP contribution < -0.4 is 4.74 Å². The van der Waals surface area contributed by atoms with E-state index in [9.17, 15) is 4.79 Å². The number of hydrogen-bond donors (Lipinski definition) is 0. The Hall–Kier alpha value is -2.67. The molecular weight excluding hydrogens is 422 g/mol. The number of hydrogen-bond acceptors (Lipinski definition) is 5. The lowest BCUT2D eigenvalue weighted by Gasteiger charge is -2.21. The molecule has 0 bridgehead atoms. The van der Waals surface area contributed by atoms with Crippen LogP contribution in [0.2, 0.25) is 0 Å². The average Bonchev–Trinajstić information content (AvgIpc) is 3.08. The second kappa shape index (κ2) is 8.56. The van der Waals surface area contributed by atoms with Crippen LogP contribution in [0.15, 0.2) is 51.5 Å². The van der Waals surface area contributed by atoms with Gasteiger partial charge in [-0.1, -0.05) is 39.3 Å². The highest BCUT2D eigenvalue weighted by Gasteiger charge is 2.21. The van der Waals surface area contributed by atoms with Crippen LogP contribution in [0, 0.1) is 13.8 Å². The van der Waals surface area contributed by atoms with Gasteiger partial charge in [0.25, 0.3) is 5.91 Å².